The fourth-order valence-corrected chi connectivity index (χ4v) is 2.56. The standard InChI is InChI=1S/C21H25NO4/c1-14-8-7-11-18(19(14)23)21(25)26-16(3)20(24)22-15(2)12-13-17-9-5-4-6-10-17/h4-11,15-16,23H,12-13H2,1-3H3,(H,22,24)/t15-,16-/m0/s1. The van der Waals surface area contributed by atoms with Gasteiger partial charge in [-0.3, -0.25) is 4.79 Å². The van der Waals surface area contributed by atoms with E-state index in [1.807, 2.05) is 37.3 Å². The number of ether oxygens (including phenoxy) is 1. The molecule has 1 amide bonds. The van der Waals surface area contributed by atoms with Gasteiger partial charge in [0.2, 0.25) is 0 Å². The molecular weight excluding hydrogens is 330 g/mol. The third kappa shape index (κ3) is 5.34. The Labute approximate surface area is 154 Å². The van der Waals surface area contributed by atoms with Crippen molar-refractivity contribution in [3.63, 3.8) is 0 Å². The summed E-state index contributed by atoms with van der Waals surface area (Å²) in [6.07, 6.45) is 0.699. The molecule has 0 bridgehead atoms. The number of phenols is 1. The number of carbonyl (C=O) groups excluding carboxylic acids is 2. The highest BCUT2D eigenvalue weighted by atomic mass is 16.5. The van der Waals surface area contributed by atoms with E-state index in [1.165, 1.54) is 18.6 Å². The van der Waals surface area contributed by atoms with Crippen LogP contribution in [0.3, 0.4) is 0 Å². The Kier molecular flexibility index (Phi) is 6.78. The third-order valence-corrected chi connectivity index (χ3v) is 4.21. The van der Waals surface area contributed by atoms with Gasteiger partial charge in [0, 0.05) is 6.04 Å². The molecule has 2 N–H and O–H groups in total. The zero-order chi connectivity index (χ0) is 19.1. The molecule has 0 aliphatic carbocycles. The molecule has 2 aromatic carbocycles. The summed E-state index contributed by atoms with van der Waals surface area (Å²) in [4.78, 5) is 24.4. The van der Waals surface area contributed by atoms with Gasteiger partial charge in [-0.15, -0.1) is 0 Å². The lowest BCUT2D eigenvalue weighted by Gasteiger charge is -2.18. The van der Waals surface area contributed by atoms with Crippen LogP contribution in [0, 0.1) is 6.92 Å². The monoisotopic (exact) mass is 355 g/mol. The van der Waals surface area contributed by atoms with Crippen molar-refractivity contribution in [2.45, 2.75) is 45.8 Å². The minimum Gasteiger partial charge on any atom is -0.507 e. The molecule has 0 spiro atoms. The minimum absolute atomic E-state index is 0.0452. The van der Waals surface area contributed by atoms with Crippen LogP contribution < -0.4 is 5.32 Å². The number of phenolic OH excluding ortho intramolecular Hbond substituents is 1. The molecule has 5 heteroatoms. The van der Waals surface area contributed by atoms with Gasteiger partial charge in [0.1, 0.15) is 11.3 Å². The molecule has 2 aromatic rings. The van der Waals surface area contributed by atoms with E-state index in [0.717, 1.165) is 12.8 Å². The normalized spacial score (nSPS) is 12.9. The predicted molar refractivity (Wildman–Crippen MR) is 100 cm³/mol. The van der Waals surface area contributed by atoms with Gasteiger partial charge in [-0.25, -0.2) is 4.79 Å². The number of hydrogen-bond donors (Lipinski definition) is 2. The molecule has 0 aromatic heterocycles. The van der Waals surface area contributed by atoms with Gasteiger partial charge in [0.15, 0.2) is 6.10 Å². The van der Waals surface area contributed by atoms with Crippen LogP contribution in [-0.4, -0.2) is 29.1 Å². The second-order valence-electron chi connectivity index (χ2n) is 6.45. The van der Waals surface area contributed by atoms with E-state index in [4.69, 9.17) is 4.74 Å². The number of esters is 1. The molecule has 0 radical (unpaired) electrons. The van der Waals surface area contributed by atoms with Gasteiger partial charge in [-0.2, -0.15) is 0 Å². The highest BCUT2D eigenvalue weighted by Crippen LogP contribution is 2.22. The maximum atomic E-state index is 12.2. The van der Waals surface area contributed by atoms with Crippen LogP contribution in [0.1, 0.15) is 41.8 Å². The maximum Gasteiger partial charge on any atom is 0.342 e. The number of aryl methyl sites for hydroxylation is 2. The molecule has 0 aliphatic heterocycles. The second-order valence-corrected chi connectivity index (χ2v) is 6.45. The molecule has 0 fully saturated rings. The van der Waals surface area contributed by atoms with Crippen molar-refractivity contribution >= 4 is 11.9 Å². The average Bonchev–Trinajstić information content (AvgIpc) is 2.63. The summed E-state index contributed by atoms with van der Waals surface area (Å²) in [6, 6.07) is 14.8. The van der Waals surface area contributed by atoms with Crippen LogP contribution in [0.4, 0.5) is 0 Å². The molecule has 138 valence electrons. The fourth-order valence-electron chi connectivity index (χ4n) is 2.56. The number of nitrogens with one attached hydrogen (secondary N) is 1. The highest BCUT2D eigenvalue weighted by Gasteiger charge is 2.22. The average molecular weight is 355 g/mol. The summed E-state index contributed by atoms with van der Waals surface area (Å²) < 4.78 is 5.19. The summed E-state index contributed by atoms with van der Waals surface area (Å²) >= 11 is 0. The lowest BCUT2D eigenvalue weighted by Crippen LogP contribution is -2.41. The molecule has 0 unspecified atom stereocenters. The zero-order valence-corrected chi connectivity index (χ0v) is 15.4. The maximum absolute atomic E-state index is 12.2. The number of carbonyl (C=O) groups is 2. The van der Waals surface area contributed by atoms with Gasteiger partial charge >= 0.3 is 5.97 Å². The van der Waals surface area contributed by atoms with Crippen LogP contribution in [0.25, 0.3) is 0 Å². The first-order valence-electron chi connectivity index (χ1n) is 8.72. The summed E-state index contributed by atoms with van der Waals surface area (Å²) in [5.41, 5.74) is 1.84. The Balaban J connectivity index is 1.84. The first-order chi connectivity index (χ1) is 12.4. The van der Waals surface area contributed by atoms with E-state index in [1.54, 1.807) is 19.1 Å². The Hall–Kier alpha value is -2.82. The first-order valence-corrected chi connectivity index (χ1v) is 8.72. The highest BCUT2D eigenvalue weighted by molar-refractivity contribution is 5.94. The van der Waals surface area contributed by atoms with Crippen LogP contribution in [-0.2, 0) is 16.0 Å². The third-order valence-electron chi connectivity index (χ3n) is 4.21. The van der Waals surface area contributed by atoms with Crippen LogP contribution in [0.5, 0.6) is 5.75 Å². The predicted octanol–water partition coefficient (Wildman–Crippen LogP) is 3.38. The number of aromatic hydroxyl groups is 1. The fraction of sp³-hybridized carbons (Fsp3) is 0.333. The van der Waals surface area contributed by atoms with Crippen LogP contribution in [0.2, 0.25) is 0 Å². The molecule has 0 saturated carbocycles. The zero-order valence-electron chi connectivity index (χ0n) is 15.4. The van der Waals surface area contributed by atoms with Crippen molar-refractivity contribution in [2.24, 2.45) is 0 Å². The van der Waals surface area contributed by atoms with E-state index in [2.05, 4.69) is 5.32 Å². The molecular formula is C21H25NO4. The van der Waals surface area contributed by atoms with Crippen molar-refractivity contribution < 1.29 is 19.4 Å². The van der Waals surface area contributed by atoms with E-state index in [9.17, 15) is 14.7 Å². The Morgan fingerprint density at radius 2 is 1.77 bits per heavy atom. The minimum atomic E-state index is -0.943. The Morgan fingerprint density at radius 1 is 1.08 bits per heavy atom. The van der Waals surface area contributed by atoms with E-state index in [0.29, 0.717) is 5.56 Å². The smallest absolute Gasteiger partial charge is 0.342 e. The number of rotatable bonds is 7. The Bertz CT molecular complexity index is 758. The van der Waals surface area contributed by atoms with Crippen molar-refractivity contribution in [3.8, 4) is 5.75 Å². The first kappa shape index (κ1) is 19.5. The largest absolute Gasteiger partial charge is 0.507 e. The molecule has 26 heavy (non-hydrogen) atoms. The van der Waals surface area contributed by atoms with E-state index in [-0.39, 0.29) is 23.3 Å². The van der Waals surface area contributed by atoms with Crippen LogP contribution in [0.15, 0.2) is 48.5 Å². The number of hydrogen-bond acceptors (Lipinski definition) is 4. The molecule has 5 nitrogen and oxygen atoms in total. The van der Waals surface area contributed by atoms with Crippen molar-refractivity contribution in [2.75, 3.05) is 0 Å². The Morgan fingerprint density at radius 3 is 2.46 bits per heavy atom. The van der Waals surface area contributed by atoms with Crippen molar-refractivity contribution in [1.29, 1.82) is 0 Å². The van der Waals surface area contributed by atoms with Crippen molar-refractivity contribution in [3.05, 3.63) is 65.2 Å². The molecule has 2 atom stereocenters. The van der Waals surface area contributed by atoms with Gasteiger partial charge in [-0.1, -0.05) is 42.5 Å². The SMILES string of the molecule is Cc1cccc(C(=O)O[C@@H](C)C(=O)N[C@@H](C)CCc2ccccc2)c1O. The molecule has 0 saturated heterocycles. The molecule has 0 heterocycles. The van der Waals surface area contributed by atoms with E-state index >= 15 is 0 Å². The lowest BCUT2D eigenvalue weighted by molar-refractivity contribution is -0.129. The van der Waals surface area contributed by atoms with Gasteiger partial charge in [-0.05, 0) is 50.8 Å². The summed E-state index contributed by atoms with van der Waals surface area (Å²) in [5.74, 6) is -1.20. The topological polar surface area (TPSA) is 75.6 Å². The molecule has 0 aliphatic rings. The summed E-state index contributed by atoms with van der Waals surface area (Å²) in [5, 5.41) is 12.8. The number of amides is 1. The van der Waals surface area contributed by atoms with Gasteiger partial charge in [0.05, 0.1) is 0 Å². The summed E-state index contributed by atoms with van der Waals surface area (Å²) in [7, 11) is 0. The summed E-state index contributed by atoms with van der Waals surface area (Å²) in [6.45, 7) is 5.13. The second kappa shape index (κ2) is 9.04. The van der Waals surface area contributed by atoms with E-state index < -0.39 is 12.1 Å². The van der Waals surface area contributed by atoms with Gasteiger partial charge in [0.25, 0.3) is 5.91 Å². The number of para-hydroxylation sites is 1. The van der Waals surface area contributed by atoms with Crippen LogP contribution >= 0.6 is 0 Å². The lowest BCUT2D eigenvalue weighted by atomic mass is 10.1. The number of benzene rings is 2. The van der Waals surface area contributed by atoms with Crippen molar-refractivity contribution in [1.82, 2.24) is 5.32 Å². The quantitative estimate of drug-likeness (QED) is 0.747. The van der Waals surface area contributed by atoms with Gasteiger partial charge < -0.3 is 15.2 Å². The molecule has 2 rings (SSSR count).